The number of benzene rings is 8. The van der Waals surface area contributed by atoms with Gasteiger partial charge in [-0.25, -0.2) is 0 Å². The summed E-state index contributed by atoms with van der Waals surface area (Å²) in [5.41, 5.74) is 10.8. The molecule has 0 saturated carbocycles. The molecular formula is C46H30N2O. The quantitative estimate of drug-likeness (QED) is 0.190. The molecule has 2 heterocycles. The van der Waals surface area contributed by atoms with Gasteiger partial charge in [-0.3, -0.25) is 0 Å². The number of hydrogen-bond donors (Lipinski definition) is 0. The van der Waals surface area contributed by atoms with Gasteiger partial charge in [0.25, 0.3) is 0 Å². The van der Waals surface area contributed by atoms with Crippen molar-refractivity contribution in [1.82, 2.24) is 4.57 Å². The monoisotopic (exact) mass is 626 g/mol. The lowest BCUT2D eigenvalue weighted by molar-refractivity contribution is 0.670. The Bertz CT molecular complexity index is 2810. The van der Waals surface area contributed by atoms with Crippen molar-refractivity contribution in [2.24, 2.45) is 0 Å². The maximum Gasteiger partial charge on any atom is 0.143 e. The summed E-state index contributed by atoms with van der Waals surface area (Å²) < 4.78 is 8.98. The highest BCUT2D eigenvalue weighted by Gasteiger charge is 2.21. The van der Waals surface area contributed by atoms with Gasteiger partial charge in [-0.05, 0) is 77.0 Å². The van der Waals surface area contributed by atoms with Crippen molar-refractivity contribution in [2.45, 2.75) is 0 Å². The molecule has 0 saturated heterocycles. The summed E-state index contributed by atoms with van der Waals surface area (Å²) in [6, 6.07) is 64.9. The first-order chi connectivity index (χ1) is 24.3. The van der Waals surface area contributed by atoms with Crippen LogP contribution in [-0.4, -0.2) is 4.57 Å². The van der Waals surface area contributed by atoms with Gasteiger partial charge in [0.2, 0.25) is 0 Å². The number of para-hydroxylation sites is 5. The molecule has 49 heavy (non-hydrogen) atoms. The third kappa shape index (κ3) is 4.37. The Balaban J connectivity index is 1.16. The molecule has 3 heteroatoms. The Morgan fingerprint density at radius 3 is 1.90 bits per heavy atom. The minimum Gasteiger partial charge on any atom is -0.455 e. The molecular weight excluding hydrogens is 597 g/mol. The molecule has 2 aromatic heterocycles. The van der Waals surface area contributed by atoms with Gasteiger partial charge < -0.3 is 13.9 Å². The van der Waals surface area contributed by atoms with E-state index in [4.69, 9.17) is 4.42 Å². The third-order valence-electron chi connectivity index (χ3n) is 9.74. The Kier molecular flexibility index (Phi) is 6.18. The summed E-state index contributed by atoms with van der Waals surface area (Å²) in [7, 11) is 0. The minimum absolute atomic E-state index is 0.912. The summed E-state index contributed by atoms with van der Waals surface area (Å²) >= 11 is 0. The number of fused-ring (bicyclic) bond motifs is 7. The van der Waals surface area contributed by atoms with Gasteiger partial charge in [-0.2, -0.15) is 0 Å². The second-order valence-corrected chi connectivity index (χ2v) is 12.6. The molecule has 0 fully saturated rings. The van der Waals surface area contributed by atoms with Gasteiger partial charge >= 0.3 is 0 Å². The van der Waals surface area contributed by atoms with Crippen LogP contribution in [0, 0.1) is 0 Å². The molecule has 10 aromatic rings. The second kappa shape index (κ2) is 11.0. The van der Waals surface area contributed by atoms with Gasteiger partial charge in [-0.1, -0.05) is 121 Å². The van der Waals surface area contributed by atoms with Crippen LogP contribution in [-0.2, 0) is 0 Å². The van der Waals surface area contributed by atoms with Gasteiger partial charge in [0.15, 0.2) is 0 Å². The molecule has 3 nitrogen and oxygen atoms in total. The molecule has 0 aliphatic rings. The van der Waals surface area contributed by atoms with Crippen LogP contribution in [0.3, 0.4) is 0 Å². The van der Waals surface area contributed by atoms with Gasteiger partial charge in [-0.15, -0.1) is 0 Å². The van der Waals surface area contributed by atoms with Crippen molar-refractivity contribution in [1.29, 1.82) is 0 Å². The average Bonchev–Trinajstić information content (AvgIpc) is 3.71. The molecule has 0 aliphatic heterocycles. The Labute approximate surface area is 283 Å². The van der Waals surface area contributed by atoms with Crippen LogP contribution in [0.5, 0.6) is 0 Å². The fourth-order valence-corrected chi connectivity index (χ4v) is 7.53. The summed E-state index contributed by atoms with van der Waals surface area (Å²) in [6.07, 6.45) is 0. The highest BCUT2D eigenvalue weighted by molar-refractivity contribution is 6.15. The largest absolute Gasteiger partial charge is 0.455 e. The van der Waals surface area contributed by atoms with Crippen molar-refractivity contribution < 1.29 is 4.42 Å². The van der Waals surface area contributed by atoms with Crippen LogP contribution in [0.1, 0.15) is 0 Å². The van der Waals surface area contributed by atoms with E-state index in [-0.39, 0.29) is 0 Å². The Morgan fingerprint density at radius 1 is 0.449 bits per heavy atom. The van der Waals surface area contributed by atoms with Crippen molar-refractivity contribution in [3.8, 4) is 16.8 Å². The Hall–Kier alpha value is -6.58. The van der Waals surface area contributed by atoms with E-state index in [9.17, 15) is 0 Å². The van der Waals surface area contributed by atoms with E-state index in [1.807, 2.05) is 0 Å². The third-order valence-corrected chi connectivity index (χ3v) is 9.74. The molecule has 0 bridgehead atoms. The lowest BCUT2D eigenvalue weighted by atomic mass is 10.0. The second-order valence-electron chi connectivity index (χ2n) is 12.6. The predicted octanol–water partition coefficient (Wildman–Crippen LogP) is 13.0. The normalized spacial score (nSPS) is 11.7. The van der Waals surface area contributed by atoms with E-state index in [0.29, 0.717) is 0 Å². The van der Waals surface area contributed by atoms with Crippen molar-refractivity contribution >= 4 is 71.6 Å². The van der Waals surface area contributed by atoms with Gasteiger partial charge in [0.1, 0.15) is 11.2 Å². The zero-order valence-corrected chi connectivity index (χ0v) is 26.6. The number of anilines is 3. The fourth-order valence-electron chi connectivity index (χ4n) is 7.53. The maximum atomic E-state index is 6.58. The molecule has 0 spiro atoms. The van der Waals surface area contributed by atoms with E-state index >= 15 is 0 Å². The van der Waals surface area contributed by atoms with Crippen LogP contribution < -0.4 is 4.90 Å². The van der Waals surface area contributed by atoms with Crippen molar-refractivity contribution in [3.05, 3.63) is 182 Å². The molecule has 230 valence electrons. The highest BCUT2D eigenvalue weighted by Crippen LogP contribution is 2.44. The van der Waals surface area contributed by atoms with E-state index in [1.165, 1.54) is 32.6 Å². The zero-order chi connectivity index (χ0) is 32.3. The molecule has 0 unspecified atom stereocenters. The van der Waals surface area contributed by atoms with Crippen LogP contribution in [0.4, 0.5) is 17.1 Å². The molecule has 0 N–H and O–H groups in total. The number of aromatic nitrogens is 1. The van der Waals surface area contributed by atoms with E-state index in [2.05, 4.69) is 191 Å². The maximum absolute atomic E-state index is 6.58. The molecule has 0 amide bonds. The van der Waals surface area contributed by atoms with E-state index in [0.717, 1.165) is 55.8 Å². The number of hydrogen-bond acceptors (Lipinski definition) is 2. The minimum atomic E-state index is 0.912. The van der Waals surface area contributed by atoms with E-state index in [1.54, 1.807) is 0 Å². The van der Waals surface area contributed by atoms with Crippen molar-refractivity contribution in [2.75, 3.05) is 4.90 Å². The fraction of sp³-hybridized carbons (Fsp3) is 0. The standard InChI is InChI=1S/C46H30N2O/c1-3-15-34(16-4-1)47(43-24-12-21-39-38-19-9-10-23-42(38)48(45(39)43)35-17-5-2-6-18-35)36-27-25-31(26-28-36)37-20-11-22-40-41-29-32-13-7-8-14-33(32)30-44(41)49-46(37)40/h1-30H. The predicted molar refractivity (Wildman–Crippen MR) is 206 cm³/mol. The summed E-state index contributed by atoms with van der Waals surface area (Å²) in [4.78, 5) is 2.37. The topological polar surface area (TPSA) is 21.3 Å². The number of furan rings is 1. The number of rotatable bonds is 5. The van der Waals surface area contributed by atoms with Crippen LogP contribution >= 0.6 is 0 Å². The number of nitrogens with zero attached hydrogens (tertiary/aromatic N) is 2. The van der Waals surface area contributed by atoms with Gasteiger partial charge in [0.05, 0.1) is 16.7 Å². The highest BCUT2D eigenvalue weighted by atomic mass is 16.3. The lowest BCUT2D eigenvalue weighted by Crippen LogP contribution is -2.11. The average molecular weight is 627 g/mol. The summed E-state index contributed by atoms with van der Waals surface area (Å²) in [5.74, 6) is 0. The molecule has 8 aromatic carbocycles. The molecule has 10 rings (SSSR count). The Morgan fingerprint density at radius 2 is 1.08 bits per heavy atom. The first-order valence-corrected chi connectivity index (χ1v) is 16.7. The summed E-state index contributed by atoms with van der Waals surface area (Å²) in [6.45, 7) is 0. The SMILES string of the molecule is c1ccc(N(c2ccc(-c3cccc4c3oc3cc5ccccc5cc34)cc2)c2cccc3c4ccccc4n(-c4ccccc4)c23)cc1. The van der Waals surface area contributed by atoms with Crippen molar-refractivity contribution in [3.63, 3.8) is 0 Å². The zero-order valence-electron chi connectivity index (χ0n) is 26.6. The van der Waals surface area contributed by atoms with E-state index < -0.39 is 0 Å². The van der Waals surface area contributed by atoms with Gasteiger partial charge in [0, 0.05) is 44.2 Å². The van der Waals surface area contributed by atoms with Crippen LogP contribution in [0.15, 0.2) is 186 Å². The molecule has 0 atom stereocenters. The first-order valence-electron chi connectivity index (χ1n) is 16.7. The first kappa shape index (κ1) is 27.5. The summed E-state index contributed by atoms with van der Waals surface area (Å²) in [5, 5.41) is 7.13. The molecule has 0 aliphatic carbocycles. The molecule has 0 radical (unpaired) electrons. The lowest BCUT2D eigenvalue weighted by Gasteiger charge is -2.27. The smallest absolute Gasteiger partial charge is 0.143 e. The van der Waals surface area contributed by atoms with Crippen LogP contribution in [0.2, 0.25) is 0 Å². The van der Waals surface area contributed by atoms with Crippen LogP contribution in [0.25, 0.3) is 71.3 Å².